The molecule has 4 heterocycles. The Labute approximate surface area is 219 Å². The van der Waals surface area contributed by atoms with Gasteiger partial charge in [-0.2, -0.15) is 0 Å². The average molecular weight is 526 g/mol. The number of fused-ring (bicyclic) bond motifs is 3. The number of nitrogens with zero attached hydrogens (tertiary/aromatic N) is 5. The van der Waals surface area contributed by atoms with Gasteiger partial charge in [0.15, 0.2) is 17.1 Å². The van der Waals surface area contributed by atoms with Crippen LogP contribution in [-0.2, 0) is 4.74 Å². The van der Waals surface area contributed by atoms with Crippen LogP contribution in [0.15, 0.2) is 33.6 Å². The highest BCUT2D eigenvalue weighted by molar-refractivity contribution is 5.85. The molecule has 0 unspecified atom stereocenters. The summed E-state index contributed by atoms with van der Waals surface area (Å²) in [6, 6.07) is 3.55. The fraction of sp³-hybridized carbons (Fsp3) is 0.519. The maximum Gasteiger partial charge on any atom is 0.410 e. The standard InChI is InChI=1S/C27H32FN5O5/c1-14-9-20(34)16-11-21(36-6)17(12-22(16)37-14)25-29-13-23(30-31-25)32(5)19-10-15-7-8-18(24(19)28)33(15)26(35)38-27(2,3)4/h9,11-13,15,18-19,24H,7-8,10H2,1-6H3/t15-,18+,19-,24+/m0/s1. The van der Waals surface area contributed by atoms with Crippen LogP contribution < -0.4 is 15.1 Å². The topological polar surface area (TPSA) is 111 Å². The predicted octanol–water partition coefficient (Wildman–Crippen LogP) is 4.28. The molecule has 0 radical (unpaired) electrons. The molecule has 10 nitrogen and oxygen atoms in total. The van der Waals surface area contributed by atoms with E-state index in [1.165, 1.54) is 19.4 Å². The van der Waals surface area contributed by atoms with Crippen molar-refractivity contribution in [2.45, 2.75) is 76.9 Å². The summed E-state index contributed by atoms with van der Waals surface area (Å²) in [5, 5.41) is 8.99. The zero-order chi connectivity index (χ0) is 27.4. The van der Waals surface area contributed by atoms with Crippen molar-refractivity contribution in [1.82, 2.24) is 20.1 Å². The van der Waals surface area contributed by atoms with Gasteiger partial charge >= 0.3 is 6.09 Å². The third-order valence-corrected chi connectivity index (χ3v) is 7.22. The Balaban J connectivity index is 1.38. The fourth-order valence-electron chi connectivity index (χ4n) is 5.46. The summed E-state index contributed by atoms with van der Waals surface area (Å²) in [5.74, 6) is 1.59. The quantitative estimate of drug-likeness (QED) is 0.493. The molecule has 38 heavy (non-hydrogen) atoms. The number of carbonyl (C=O) groups excluding carboxylic acids is 1. The van der Waals surface area contributed by atoms with Crippen LogP contribution in [-0.4, -0.2) is 70.2 Å². The number of benzene rings is 1. The number of amides is 1. The summed E-state index contributed by atoms with van der Waals surface area (Å²) in [6.45, 7) is 7.12. The molecule has 2 aliphatic rings. The number of hydrogen-bond donors (Lipinski definition) is 0. The summed E-state index contributed by atoms with van der Waals surface area (Å²) in [4.78, 5) is 32.9. The van der Waals surface area contributed by atoms with Gasteiger partial charge in [0.2, 0.25) is 0 Å². The van der Waals surface area contributed by atoms with Crippen molar-refractivity contribution in [1.29, 1.82) is 0 Å². The first kappa shape index (κ1) is 25.9. The van der Waals surface area contributed by atoms with Gasteiger partial charge in [-0.05, 0) is 59.1 Å². The lowest BCUT2D eigenvalue weighted by atomic mass is 9.94. The largest absolute Gasteiger partial charge is 0.496 e. The molecular weight excluding hydrogens is 493 g/mol. The molecule has 5 rings (SSSR count). The molecule has 0 spiro atoms. The number of carbonyl (C=O) groups is 1. The summed E-state index contributed by atoms with van der Waals surface area (Å²) in [5.41, 5.74) is 0.0966. The molecular formula is C27H32FN5O5. The Morgan fingerprint density at radius 3 is 2.63 bits per heavy atom. The molecule has 0 N–H and O–H groups in total. The maximum atomic E-state index is 15.8. The van der Waals surface area contributed by atoms with E-state index < -0.39 is 29.9 Å². The highest BCUT2D eigenvalue weighted by Gasteiger charge is 2.52. The molecule has 2 saturated heterocycles. The zero-order valence-corrected chi connectivity index (χ0v) is 22.4. The van der Waals surface area contributed by atoms with Crippen LogP contribution in [0.1, 0.15) is 45.8 Å². The van der Waals surface area contributed by atoms with E-state index in [4.69, 9.17) is 13.9 Å². The molecule has 11 heteroatoms. The van der Waals surface area contributed by atoms with Gasteiger partial charge in [-0.3, -0.25) is 9.69 Å². The minimum absolute atomic E-state index is 0.102. The van der Waals surface area contributed by atoms with Gasteiger partial charge in [-0.1, -0.05) is 0 Å². The number of anilines is 1. The number of halogens is 1. The van der Waals surface area contributed by atoms with Crippen molar-refractivity contribution in [3.8, 4) is 17.1 Å². The Bertz CT molecular complexity index is 1420. The van der Waals surface area contributed by atoms with Crippen LogP contribution in [0, 0.1) is 6.92 Å². The van der Waals surface area contributed by atoms with Crippen molar-refractivity contribution >= 4 is 22.9 Å². The number of hydrogen-bond acceptors (Lipinski definition) is 9. The van der Waals surface area contributed by atoms with E-state index in [0.717, 1.165) is 6.42 Å². The normalized spacial score (nSPS) is 23.0. The van der Waals surface area contributed by atoms with Crippen LogP contribution >= 0.6 is 0 Å². The van der Waals surface area contributed by atoms with Gasteiger partial charge in [-0.15, -0.1) is 10.2 Å². The van der Waals surface area contributed by atoms with Crippen LogP contribution in [0.3, 0.4) is 0 Å². The molecule has 0 aliphatic carbocycles. The third kappa shape index (κ3) is 4.65. The van der Waals surface area contributed by atoms with Crippen molar-refractivity contribution in [2.24, 2.45) is 0 Å². The number of ether oxygens (including phenoxy) is 2. The smallest absolute Gasteiger partial charge is 0.410 e. The molecule has 1 aromatic carbocycles. The van der Waals surface area contributed by atoms with E-state index >= 15 is 4.39 Å². The van der Waals surface area contributed by atoms with E-state index in [9.17, 15) is 9.59 Å². The minimum atomic E-state index is -1.28. The van der Waals surface area contributed by atoms with E-state index in [1.54, 1.807) is 56.7 Å². The van der Waals surface area contributed by atoms with Crippen molar-refractivity contribution in [3.05, 3.63) is 40.4 Å². The van der Waals surface area contributed by atoms with Gasteiger partial charge in [0.1, 0.15) is 28.9 Å². The fourth-order valence-corrected chi connectivity index (χ4v) is 5.46. The van der Waals surface area contributed by atoms with E-state index in [1.807, 2.05) is 0 Å². The molecule has 3 aromatic rings. The lowest BCUT2D eigenvalue weighted by Gasteiger charge is -2.44. The number of alkyl halides is 1. The number of piperidine rings is 1. The summed E-state index contributed by atoms with van der Waals surface area (Å²) in [7, 11) is 3.26. The first-order valence-corrected chi connectivity index (χ1v) is 12.7. The Morgan fingerprint density at radius 1 is 1.21 bits per heavy atom. The van der Waals surface area contributed by atoms with Crippen molar-refractivity contribution in [2.75, 3.05) is 19.1 Å². The maximum absolute atomic E-state index is 15.8. The molecule has 0 saturated carbocycles. The number of aryl methyl sites for hydroxylation is 1. The van der Waals surface area contributed by atoms with E-state index in [0.29, 0.717) is 46.7 Å². The van der Waals surface area contributed by atoms with Gasteiger partial charge in [-0.25, -0.2) is 14.2 Å². The Hall–Kier alpha value is -3.76. The van der Waals surface area contributed by atoms with Crippen LogP contribution in [0.25, 0.3) is 22.4 Å². The first-order valence-electron chi connectivity index (χ1n) is 12.7. The van der Waals surface area contributed by atoms with E-state index in [2.05, 4.69) is 15.2 Å². The van der Waals surface area contributed by atoms with Gasteiger partial charge in [0.25, 0.3) is 0 Å². The highest BCUT2D eigenvalue weighted by atomic mass is 19.1. The first-order chi connectivity index (χ1) is 18.0. The average Bonchev–Trinajstić information content (AvgIpc) is 3.21. The van der Waals surface area contributed by atoms with Gasteiger partial charge in [0.05, 0.1) is 36.3 Å². The van der Waals surface area contributed by atoms with Crippen LogP contribution in [0.5, 0.6) is 5.75 Å². The van der Waals surface area contributed by atoms with Gasteiger partial charge in [0, 0.05) is 19.2 Å². The minimum Gasteiger partial charge on any atom is -0.496 e. The number of rotatable bonds is 4. The van der Waals surface area contributed by atoms with Crippen molar-refractivity contribution in [3.63, 3.8) is 0 Å². The SMILES string of the molecule is COc1cc2c(=O)cc(C)oc2cc1-c1ncc(N(C)[C@H]2C[C@@H]3CC[C@H]([C@H]2F)N3C(=O)OC(C)(C)C)nn1. The Morgan fingerprint density at radius 2 is 1.97 bits per heavy atom. The molecule has 202 valence electrons. The van der Waals surface area contributed by atoms with Gasteiger partial charge < -0.3 is 18.8 Å². The number of methoxy groups -OCH3 is 1. The second kappa shape index (κ2) is 9.52. The molecule has 2 bridgehead atoms. The lowest BCUT2D eigenvalue weighted by Crippen LogP contribution is -2.59. The molecule has 4 atom stereocenters. The van der Waals surface area contributed by atoms with Crippen LogP contribution in [0.2, 0.25) is 0 Å². The number of aromatic nitrogens is 3. The summed E-state index contributed by atoms with van der Waals surface area (Å²) >= 11 is 0. The van der Waals surface area contributed by atoms with Crippen LogP contribution in [0.4, 0.5) is 15.0 Å². The third-order valence-electron chi connectivity index (χ3n) is 7.22. The monoisotopic (exact) mass is 525 g/mol. The zero-order valence-electron chi connectivity index (χ0n) is 22.4. The summed E-state index contributed by atoms with van der Waals surface area (Å²) < 4.78 is 32.5. The Kier molecular flexibility index (Phi) is 6.48. The lowest BCUT2D eigenvalue weighted by molar-refractivity contribution is -0.0104. The predicted molar refractivity (Wildman–Crippen MR) is 139 cm³/mol. The molecule has 2 aromatic heterocycles. The highest BCUT2D eigenvalue weighted by Crippen LogP contribution is 2.41. The molecule has 2 aliphatic heterocycles. The second-order valence-electron chi connectivity index (χ2n) is 11.0. The molecule has 1 amide bonds. The second-order valence-corrected chi connectivity index (χ2v) is 11.0. The van der Waals surface area contributed by atoms with E-state index in [-0.39, 0.29) is 17.3 Å². The van der Waals surface area contributed by atoms with Crippen molar-refractivity contribution < 1.29 is 23.1 Å². The molecule has 2 fully saturated rings. The summed E-state index contributed by atoms with van der Waals surface area (Å²) in [6.07, 6.45) is 1.57.